The third-order valence-corrected chi connectivity index (χ3v) is 2.20. The van der Waals surface area contributed by atoms with Crippen LogP contribution in [0.1, 0.15) is 31.1 Å². The highest BCUT2D eigenvalue weighted by Crippen LogP contribution is 2.26. The maximum absolute atomic E-state index is 11.6. The van der Waals surface area contributed by atoms with E-state index in [1.54, 1.807) is 20.8 Å². The minimum atomic E-state index is -0.652. The molecule has 1 rings (SSSR count). The Morgan fingerprint density at radius 3 is 2.28 bits per heavy atom. The minimum absolute atomic E-state index is 0.0213. The third kappa shape index (κ3) is 3.23. The van der Waals surface area contributed by atoms with Crippen molar-refractivity contribution in [2.75, 3.05) is 7.11 Å². The van der Waals surface area contributed by atoms with Crippen molar-refractivity contribution in [2.24, 2.45) is 5.41 Å². The standard InChI is InChI=1S/C13H16O5/c1-13(2,3)12(16)18-8-5-6-9(10(14)7-8)11(15)17-4/h5-7,14H,1-4H3. The van der Waals surface area contributed by atoms with Crippen LogP contribution < -0.4 is 4.74 Å². The minimum Gasteiger partial charge on any atom is -0.507 e. The number of rotatable bonds is 2. The van der Waals surface area contributed by atoms with Crippen molar-refractivity contribution in [1.29, 1.82) is 0 Å². The lowest BCUT2D eigenvalue weighted by Gasteiger charge is -2.16. The summed E-state index contributed by atoms with van der Waals surface area (Å²) >= 11 is 0. The third-order valence-electron chi connectivity index (χ3n) is 2.20. The summed E-state index contributed by atoms with van der Waals surface area (Å²) in [4.78, 5) is 22.9. The fraction of sp³-hybridized carbons (Fsp3) is 0.385. The summed E-state index contributed by atoms with van der Waals surface area (Å²) in [5, 5.41) is 9.62. The van der Waals surface area contributed by atoms with Gasteiger partial charge in [0.05, 0.1) is 12.5 Å². The van der Waals surface area contributed by atoms with Gasteiger partial charge in [0.2, 0.25) is 0 Å². The van der Waals surface area contributed by atoms with E-state index in [0.717, 1.165) is 0 Å². The number of phenols is 1. The van der Waals surface area contributed by atoms with Crippen LogP contribution in [-0.2, 0) is 9.53 Å². The second kappa shape index (κ2) is 5.08. The molecule has 0 aliphatic carbocycles. The Balaban J connectivity index is 2.92. The fourth-order valence-corrected chi connectivity index (χ4v) is 1.12. The van der Waals surface area contributed by atoms with Gasteiger partial charge in [0, 0.05) is 6.07 Å². The van der Waals surface area contributed by atoms with Crippen LogP contribution in [0.3, 0.4) is 0 Å². The summed E-state index contributed by atoms with van der Waals surface area (Å²) < 4.78 is 9.56. The number of esters is 2. The number of benzene rings is 1. The van der Waals surface area contributed by atoms with Crippen molar-refractivity contribution >= 4 is 11.9 Å². The number of hydrogen-bond acceptors (Lipinski definition) is 5. The van der Waals surface area contributed by atoms with Crippen LogP contribution in [0.4, 0.5) is 0 Å². The predicted octanol–water partition coefficient (Wildman–Crippen LogP) is 2.13. The van der Waals surface area contributed by atoms with Gasteiger partial charge in [-0.3, -0.25) is 4.79 Å². The van der Waals surface area contributed by atoms with Gasteiger partial charge in [0.15, 0.2) is 0 Å². The summed E-state index contributed by atoms with van der Waals surface area (Å²) in [5.74, 6) is -1.19. The zero-order valence-electron chi connectivity index (χ0n) is 10.8. The van der Waals surface area contributed by atoms with Crippen LogP contribution in [0, 0.1) is 5.41 Å². The summed E-state index contributed by atoms with van der Waals surface area (Å²) in [5.41, 5.74) is -0.621. The molecule has 0 aliphatic heterocycles. The first-order chi connectivity index (χ1) is 8.25. The van der Waals surface area contributed by atoms with E-state index in [0.29, 0.717) is 0 Å². The number of carbonyl (C=O) groups is 2. The van der Waals surface area contributed by atoms with E-state index in [-0.39, 0.29) is 17.1 Å². The SMILES string of the molecule is COC(=O)c1ccc(OC(=O)C(C)(C)C)cc1O. The first-order valence-corrected chi connectivity index (χ1v) is 5.39. The molecule has 0 unspecified atom stereocenters. The summed E-state index contributed by atoms with van der Waals surface area (Å²) in [6, 6.07) is 3.97. The number of phenolic OH excluding ortho intramolecular Hbond substituents is 1. The maximum Gasteiger partial charge on any atom is 0.341 e. The molecule has 0 bridgehead atoms. The van der Waals surface area contributed by atoms with Gasteiger partial charge in [-0.1, -0.05) is 0 Å². The molecule has 0 amide bonds. The monoisotopic (exact) mass is 252 g/mol. The number of ether oxygens (including phenoxy) is 2. The van der Waals surface area contributed by atoms with Gasteiger partial charge in [0.25, 0.3) is 0 Å². The fourth-order valence-electron chi connectivity index (χ4n) is 1.12. The Kier molecular flexibility index (Phi) is 3.96. The molecular weight excluding hydrogens is 236 g/mol. The van der Waals surface area contributed by atoms with E-state index in [9.17, 15) is 14.7 Å². The maximum atomic E-state index is 11.6. The molecule has 0 atom stereocenters. The number of aromatic hydroxyl groups is 1. The Bertz CT molecular complexity index is 471. The van der Waals surface area contributed by atoms with E-state index < -0.39 is 17.4 Å². The van der Waals surface area contributed by atoms with E-state index in [4.69, 9.17) is 4.74 Å². The van der Waals surface area contributed by atoms with Gasteiger partial charge < -0.3 is 14.6 Å². The molecule has 0 radical (unpaired) electrons. The predicted molar refractivity (Wildman–Crippen MR) is 64.5 cm³/mol. The molecule has 98 valence electrons. The second-order valence-electron chi connectivity index (χ2n) is 4.81. The van der Waals surface area contributed by atoms with Gasteiger partial charge in [0.1, 0.15) is 17.1 Å². The smallest absolute Gasteiger partial charge is 0.341 e. The lowest BCUT2D eigenvalue weighted by atomic mass is 9.97. The first kappa shape index (κ1) is 14.0. The van der Waals surface area contributed by atoms with E-state index in [2.05, 4.69) is 4.74 Å². The van der Waals surface area contributed by atoms with Crippen LogP contribution in [0.25, 0.3) is 0 Å². The van der Waals surface area contributed by atoms with Crippen molar-refractivity contribution in [3.8, 4) is 11.5 Å². The van der Waals surface area contributed by atoms with Crippen LogP contribution in [0.5, 0.6) is 11.5 Å². The molecule has 0 aliphatic rings. The van der Waals surface area contributed by atoms with Gasteiger partial charge in [-0.25, -0.2) is 4.79 Å². The summed E-state index contributed by atoms with van der Waals surface area (Å²) in [6.45, 7) is 5.16. The van der Waals surface area contributed by atoms with Crippen LogP contribution in [0.2, 0.25) is 0 Å². The van der Waals surface area contributed by atoms with Crippen LogP contribution in [-0.4, -0.2) is 24.2 Å². The van der Waals surface area contributed by atoms with Gasteiger partial charge in [-0.2, -0.15) is 0 Å². The highest BCUT2D eigenvalue weighted by Gasteiger charge is 2.24. The van der Waals surface area contributed by atoms with E-state index >= 15 is 0 Å². The largest absolute Gasteiger partial charge is 0.507 e. The van der Waals surface area contributed by atoms with Crippen LogP contribution in [0.15, 0.2) is 18.2 Å². The van der Waals surface area contributed by atoms with Crippen LogP contribution >= 0.6 is 0 Å². The zero-order chi connectivity index (χ0) is 13.9. The van der Waals surface area contributed by atoms with Crippen molar-refractivity contribution in [1.82, 2.24) is 0 Å². The molecule has 1 aromatic rings. The topological polar surface area (TPSA) is 72.8 Å². The Morgan fingerprint density at radius 2 is 1.83 bits per heavy atom. The Labute approximate surface area is 105 Å². The lowest BCUT2D eigenvalue weighted by Crippen LogP contribution is -2.25. The van der Waals surface area contributed by atoms with Crippen molar-refractivity contribution in [3.05, 3.63) is 23.8 Å². The average Bonchev–Trinajstić information content (AvgIpc) is 2.27. The molecule has 0 spiro atoms. The quantitative estimate of drug-likeness (QED) is 0.644. The molecule has 1 N–H and O–H groups in total. The highest BCUT2D eigenvalue weighted by molar-refractivity contribution is 5.92. The molecule has 0 saturated carbocycles. The van der Waals surface area contributed by atoms with Crippen molar-refractivity contribution in [2.45, 2.75) is 20.8 Å². The lowest BCUT2D eigenvalue weighted by molar-refractivity contribution is -0.142. The molecule has 5 heteroatoms. The normalized spacial score (nSPS) is 10.9. The average molecular weight is 252 g/mol. The van der Waals surface area contributed by atoms with Crippen molar-refractivity contribution < 1.29 is 24.2 Å². The number of hydrogen-bond donors (Lipinski definition) is 1. The van der Waals surface area contributed by atoms with E-state index in [1.165, 1.54) is 25.3 Å². The van der Waals surface area contributed by atoms with E-state index in [1.807, 2.05) is 0 Å². The summed E-state index contributed by atoms with van der Waals surface area (Å²) in [6.07, 6.45) is 0. The molecule has 0 fully saturated rings. The molecule has 0 saturated heterocycles. The Morgan fingerprint density at radius 1 is 1.22 bits per heavy atom. The first-order valence-electron chi connectivity index (χ1n) is 5.39. The van der Waals surface area contributed by atoms with Gasteiger partial charge in [-0.15, -0.1) is 0 Å². The molecule has 5 nitrogen and oxygen atoms in total. The number of methoxy groups -OCH3 is 1. The Hall–Kier alpha value is -2.04. The molecule has 0 aromatic heterocycles. The van der Waals surface area contributed by atoms with Gasteiger partial charge >= 0.3 is 11.9 Å². The highest BCUT2D eigenvalue weighted by atomic mass is 16.5. The zero-order valence-corrected chi connectivity index (χ0v) is 10.8. The second-order valence-corrected chi connectivity index (χ2v) is 4.81. The van der Waals surface area contributed by atoms with Crippen molar-refractivity contribution in [3.63, 3.8) is 0 Å². The molecule has 18 heavy (non-hydrogen) atoms. The molecule has 0 heterocycles. The van der Waals surface area contributed by atoms with Gasteiger partial charge in [-0.05, 0) is 32.9 Å². The molecular formula is C13H16O5. The molecule has 1 aromatic carbocycles. The number of carbonyl (C=O) groups excluding carboxylic acids is 2. The summed E-state index contributed by atoms with van der Waals surface area (Å²) in [7, 11) is 1.22.